The van der Waals surface area contributed by atoms with Crippen molar-refractivity contribution in [1.82, 2.24) is 4.90 Å². The van der Waals surface area contributed by atoms with Gasteiger partial charge >= 0.3 is 0 Å². The molecule has 0 amide bonds. The van der Waals surface area contributed by atoms with Crippen LogP contribution >= 0.6 is 0 Å². The number of hydrogen-bond donors (Lipinski definition) is 0. The van der Waals surface area contributed by atoms with Crippen LogP contribution < -0.4 is 0 Å². The molecule has 2 heteroatoms. The van der Waals surface area contributed by atoms with Crippen molar-refractivity contribution in [1.29, 1.82) is 0 Å². The molecule has 0 spiro atoms. The predicted octanol–water partition coefficient (Wildman–Crippen LogP) is 3.13. The van der Waals surface area contributed by atoms with Crippen LogP contribution in [0.3, 0.4) is 0 Å². The molecule has 0 saturated heterocycles. The molecular formula is C11H27NO. The van der Waals surface area contributed by atoms with Crippen LogP contribution in [-0.4, -0.2) is 32.3 Å². The summed E-state index contributed by atoms with van der Waals surface area (Å²) in [7, 11) is 4.03. The van der Waals surface area contributed by atoms with E-state index in [0.717, 1.165) is 13.3 Å². The fourth-order valence-electron chi connectivity index (χ4n) is 0.701. The molecule has 82 valence electrons. The normalized spacial score (nSPS) is 9.69. The van der Waals surface area contributed by atoms with Crippen LogP contribution in [0.15, 0.2) is 0 Å². The molecule has 2 nitrogen and oxygen atoms in total. The van der Waals surface area contributed by atoms with Crippen LogP contribution in [0.2, 0.25) is 0 Å². The fraction of sp³-hybridized carbons (Fsp3) is 1.00. The van der Waals surface area contributed by atoms with Crippen molar-refractivity contribution in [3.05, 3.63) is 0 Å². The Morgan fingerprint density at radius 1 is 1.00 bits per heavy atom. The molecule has 0 aliphatic heterocycles. The van der Waals surface area contributed by atoms with Gasteiger partial charge in [-0.1, -0.05) is 40.0 Å². The maximum Gasteiger partial charge on any atom is 0.0985 e. The smallest absolute Gasteiger partial charge is 0.0985 e. The number of nitrogens with zero attached hydrogens (tertiary/aromatic N) is 1. The van der Waals surface area contributed by atoms with E-state index in [0.29, 0.717) is 0 Å². The van der Waals surface area contributed by atoms with Crippen molar-refractivity contribution >= 4 is 0 Å². The Bertz CT molecular complexity index is 74.5. The highest BCUT2D eigenvalue weighted by Gasteiger charge is 1.88. The van der Waals surface area contributed by atoms with Crippen molar-refractivity contribution < 1.29 is 4.74 Å². The molecule has 0 aliphatic carbocycles. The average molecular weight is 189 g/mol. The molecule has 0 unspecified atom stereocenters. The third-order valence-electron chi connectivity index (χ3n) is 1.24. The molecule has 0 atom stereocenters. The highest BCUT2D eigenvalue weighted by Crippen LogP contribution is 1.93. The summed E-state index contributed by atoms with van der Waals surface area (Å²) in [6, 6.07) is 0. The lowest BCUT2D eigenvalue weighted by molar-refractivity contribution is 0.0541. The number of rotatable bonds is 6. The van der Waals surface area contributed by atoms with Crippen LogP contribution in [-0.2, 0) is 4.74 Å². The number of unbranched alkanes of at least 4 members (excludes halogenated alkanes) is 2. The number of hydrogen-bond acceptors (Lipinski definition) is 2. The largest absolute Gasteiger partial charge is 0.366 e. The molecule has 0 heterocycles. The van der Waals surface area contributed by atoms with Crippen LogP contribution in [0.1, 0.15) is 46.5 Å². The highest BCUT2D eigenvalue weighted by molar-refractivity contribution is 4.35. The van der Waals surface area contributed by atoms with Gasteiger partial charge in [0.1, 0.15) is 0 Å². The first-order chi connectivity index (χ1) is 6.18. The quantitative estimate of drug-likeness (QED) is 0.470. The monoisotopic (exact) mass is 189 g/mol. The topological polar surface area (TPSA) is 12.5 Å². The maximum atomic E-state index is 5.32. The first-order valence-electron chi connectivity index (χ1n) is 5.41. The average Bonchev–Trinajstić information content (AvgIpc) is 2.05. The van der Waals surface area contributed by atoms with Crippen LogP contribution in [0, 0.1) is 0 Å². The number of ether oxygens (including phenoxy) is 1. The van der Waals surface area contributed by atoms with E-state index in [1.54, 1.807) is 0 Å². The zero-order chi connectivity index (χ0) is 10.5. The lowest BCUT2D eigenvalue weighted by Gasteiger charge is -2.09. The summed E-state index contributed by atoms with van der Waals surface area (Å²) < 4.78 is 5.32. The minimum absolute atomic E-state index is 0.754. The molecule has 0 aromatic carbocycles. The van der Waals surface area contributed by atoms with Gasteiger partial charge < -0.3 is 4.74 Å². The molecule has 0 saturated carbocycles. The first kappa shape index (κ1) is 15.4. The molecule has 13 heavy (non-hydrogen) atoms. The minimum Gasteiger partial charge on any atom is -0.366 e. The van der Waals surface area contributed by atoms with Gasteiger partial charge in [0.05, 0.1) is 6.73 Å². The van der Waals surface area contributed by atoms with Gasteiger partial charge in [0.15, 0.2) is 0 Å². The van der Waals surface area contributed by atoms with Gasteiger partial charge in [-0.2, -0.15) is 0 Å². The molecular weight excluding hydrogens is 162 g/mol. The summed E-state index contributed by atoms with van der Waals surface area (Å²) in [5.41, 5.74) is 0. The first-order valence-corrected chi connectivity index (χ1v) is 5.41. The Morgan fingerprint density at radius 3 is 1.92 bits per heavy atom. The molecule has 0 aromatic rings. The van der Waals surface area contributed by atoms with E-state index >= 15 is 0 Å². The highest BCUT2D eigenvalue weighted by atomic mass is 16.5. The summed E-state index contributed by atoms with van der Waals surface area (Å²) in [6.07, 6.45) is 5.00. The summed E-state index contributed by atoms with van der Waals surface area (Å²) in [4.78, 5) is 2.03. The van der Waals surface area contributed by atoms with Gasteiger partial charge in [-0.25, -0.2) is 0 Å². The third-order valence-corrected chi connectivity index (χ3v) is 1.24. The summed E-state index contributed by atoms with van der Waals surface area (Å²) in [5.74, 6) is 0. The van der Waals surface area contributed by atoms with Gasteiger partial charge in [0.2, 0.25) is 0 Å². The molecule has 0 bridgehead atoms. The van der Waals surface area contributed by atoms with E-state index in [1.807, 2.05) is 19.0 Å². The van der Waals surface area contributed by atoms with E-state index in [9.17, 15) is 0 Å². The molecule has 0 radical (unpaired) electrons. The van der Waals surface area contributed by atoms with Gasteiger partial charge in [-0.3, -0.25) is 4.90 Å². The van der Waals surface area contributed by atoms with Crippen LogP contribution in [0.25, 0.3) is 0 Å². The van der Waals surface area contributed by atoms with Gasteiger partial charge in [-0.15, -0.1) is 0 Å². The van der Waals surface area contributed by atoms with E-state index in [2.05, 4.69) is 20.8 Å². The van der Waals surface area contributed by atoms with E-state index in [1.165, 1.54) is 25.7 Å². The maximum absolute atomic E-state index is 5.32. The predicted molar refractivity (Wildman–Crippen MR) is 60.0 cm³/mol. The van der Waals surface area contributed by atoms with Crippen molar-refractivity contribution in [2.45, 2.75) is 46.5 Å². The Kier molecular flexibility index (Phi) is 17.1. The molecule has 0 rings (SSSR count). The molecule has 0 aliphatic rings. The van der Waals surface area contributed by atoms with Crippen LogP contribution in [0.4, 0.5) is 0 Å². The van der Waals surface area contributed by atoms with E-state index < -0.39 is 0 Å². The Morgan fingerprint density at radius 2 is 1.54 bits per heavy atom. The van der Waals surface area contributed by atoms with Gasteiger partial charge in [0, 0.05) is 6.61 Å². The lowest BCUT2D eigenvalue weighted by atomic mass is 10.3. The SMILES string of the molecule is CCC.CCCCCOCN(C)C. The Labute approximate surface area is 84.3 Å². The van der Waals surface area contributed by atoms with Gasteiger partial charge in [-0.05, 0) is 20.5 Å². The Hall–Kier alpha value is -0.0800. The van der Waals surface area contributed by atoms with Crippen molar-refractivity contribution in [3.8, 4) is 0 Å². The molecule has 0 fully saturated rings. The van der Waals surface area contributed by atoms with E-state index in [-0.39, 0.29) is 0 Å². The van der Waals surface area contributed by atoms with Crippen LogP contribution in [0.5, 0.6) is 0 Å². The zero-order valence-electron chi connectivity index (χ0n) is 10.1. The summed E-state index contributed by atoms with van der Waals surface area (Å²) >= 11 is 0. The third kappa shape index (κ3) is 24.5. The second kappa shape index (κ2) is 14.4. The standard InChI is InChI=1S/C8H19NO.C3H8/c1-4-5-6-7-10-8-9(2)3;1-3-2/h4-8H2,1-3H3;3H2,1-2H3. The summed E-state index contributed by atoms with van der Waals surface area (Å²) in [5, 5.41) is 0. The fourth-order valence-corrected chi connectivity index (χ4v) is 0.701. The van der Waals surface area contributed by atoms with Crippen molar-refractivity contribution in [2.75, 3.05) is 27.4 Å². The van der Waals surface area contributed by atoms with Crippen molar-refractivity contribution in [3.63, 3.8) is 0 Å². The Balaban J connectivity index is 0. The molecule has 0 aromatic heterocycles. The van der Waals surface area contributed by atoms with Gasteiger partial charge in [0.25, 0.3) is 0 Å². The second-order valence-corrected chi connectivity index (χ2v) is 3.53. The molecule has 0 N–H and O–H groups in total. The van der Waals surface area contributed by atoms with Crippen molar-refractivity contribution in [2.24, 2.45) is 0 Å². The van der Waals surface area contributed by atoms with E-state index in [4.69, 9.17) is 4.74 Å². The summed E-state index contributed by atoms with van der Waals surface area (Å²) in [6.45, 7) is 8.11. The second-order valence-electron chi connectivity index (χ2n) is 3.53. The lowest BCUT2D eigenvalue weighted by Crippen LogP contribution is -2.16. The minimum atomic E-state index is 0.754. The zero-order valence-corrected chi connectivity index (χ0v) is 10.1.